The van der Waals surface area contributed by atoms with E-state index in [2.05, 4.69) is 84.3 Å². The molecule has 0 amide bonds. The van der Waals surface area contributed by atoms with Gasteiger partial charge in [0.15, 0.2) is 5.78 Å². The number of allylic oxidation sites excluding steroid dienone is 4. The molecule has 162 valence electrons. The highest BCUT2D eigenvalue weighted by Crippen LogP contribution is 2.48. The van der Waals surface area contributed by atoms with Crippen LogP contribution >= 0.6 is 11.8 Å². The molecule has 32 heavy (non-hydrogen) atoms. The van der Waals surface area contributed by atoms with E-state index in [-0.39, 0.29) is 5.78 Å². The molecule has 4 heteroatoms. The second kappa shape index (κ2) is 9.92. The van der Waals surface area contributed by atoms with E-state index in [1.807, 2.05) is 19.2 Å². The zero-order valence-corrected chi connectivity index (χ0v) is 19.6. The first-order valence-corrected chi connectivity index (χ1v) is 11.8. The van der Waals surface area contributed by atoms with Gasteiger partial charge < -0.3 is 9.80 Å². The summed E-state index contributed by atoms with van der Waals surface area (Å²) < 4.78 is 0. The Balaban J connectivity index is 1.41. The normalized spacial score (nSPS) is 14.7. The summed E-state index contributed by atoms with van der Waals surface area (Å²) in [6.07, 6.45) is 9.06. The van der Waals surface area contributed by atoms with Crippen molar-refractivity contribution in [2.45, 2.75) is 18.7 Å². The van der Waals surface area contributed by atoms with Crippen LogP contribution in [0.2, 0.25) is 0 Å². The van der Waals surface area contributed by atoms with E-state index in [0.717, 1.165) is 23.7 Å². The fourth-order valence-corrected chi connectivity index (χ4v) is 5.06. The third-order valence-corrected chi connectivity index (χ3v) is 6.84. The molecule has 0 bridgehead atoms. The van der Waals surface area contributed by atoms with Crippen LogP contribution in [0.4, 0.5) is 11.4 Å². The Bertz CT molecular complexity index is 1200. The minimum absolute atomic E-state index is 0.0157. The molecule has 0 saturated carbocycles. The Morgan fingerprint density at radius 3 is 2.47 bits per heavy atom. The molecule has 0 unspecified atom stereocenters. The van der Waals surface area contributed by atoms with Gasteiger partial charge in [0.1, 0.15) is 0 Å². The van der Waals surface area contributed by atoms with Gasteiger partial charge in [-0.15, -0.1) is 0 Å². The van der Waals surface area contributed by atoms with Crippen molar-refractivity contribution in [1.29, 1.82) is 0 Å². The predicted octanol–water partition coefficient (Wildman–Crippen LogP) is 6.91. The van der Waals surface area contributed by atoms with Crippen LogP contribution in [-0.4, -0.2) is 25.9 Å². The Kier molecular flexibility index (Phi) is 6.81. The second-order valence-corrected chi connectivity index (χ2v) is 8.72. The minimum atomic E-state index is -0.0157. The molecule has 0 aromatic heterocycles. The first-order chi connectivity index (χ1) is 15.6. The van der Waals surface area contributed by atoms with Crippen molar-refractivity contribution in [1.82, 2.24) is 0 Å². The first-order valence-electron chi connectivity index (χ1n) is 11.0. The van der Waals surface area contributed by atoms with Crippen LogP contribution in [0.5, 0.6) is 0 Å². The molecule has 3 aromatic carbocycles. The molecular formula is C28H28N2OS. The lowest BCUT2D eigenvalue weighted by atomic mass is 10.1. The Labute approximate surface area is 194 Å². The zero-order chi connectivity index (χ0) is 22.5. The van der Waals surface area contributed by atoms with E-state index >= 15 is 0 Å². The summed E-state index contributed by atoms with van der Waals surface area (Å²) >= 11 is 1.64. The highest BCUT2D eigenvalue weighted by Gasteiger charge is 2.24. The lowest BCUT2D eigenvalue weighted by Gasteiger charge is -2.20. The van der Waals surface area contributed by atoms with E-state index in [0.29, 0.717) is 0 Å². The van der Waals surface area contributed by atoms with Crippen LogP contribution in [0.15, 0.2) is 94.9 Å². The third kappa shape index (κ3) is 4.66. The third-order valence-electron chi connectivity index (χ3n) is 5.69. The van der Waals surface area contributed by atoms with Crippen molar-refractivity contribution < 1.29 is 4.79 Å². The minimum Gasteiger partial charge on any atom is -0.372 e. The van der Waals surface area contributed by atoms with E-state index in [4.69, 9.17) is 0 Å². The lowest BCUT2D eigenvalue weighted by molar-refractivity contribution is -0.110. The summed E-state index contributed by atoms with van der Waals surface area (Å²) in [5.74, 6) is -0.0157. The number of nitrogens with zero attached hydrogens (tertiary/aromatic N) is 2. The van der Waals surface area contributed by atoms with Crippen molar-refractivity contribution in [3.05, 3.63) is 95.6 Å². The zero-order valence-electron chi connectivity index (χ0n) is 18.8. The standard InChI is InChI=1S/C28H28N2OS/c1-4-30(5-2)23-17-14-21(15-18-23)10-6-8-12-24(31)20-27-29(3)28-25-13-9-7-11-22(25)16-19-26(28)32-27/h6-20H,4-5H2,1-3H3. The van der Waals surface area contributed by atoms with Gasteiger partial charge in [-0.1, -0.05) is 72.5 Å². The van der Waals surface area contributed by atoms with Gasteiger partial charge >= 0.3 is 0 Å². The quantitative estimate of drug-likeness (QED) is 0.294. The van der Waals surface area contributed by atoms with E-state index in [9.17, 15) is 4.79 Å². The predicted molar refractivity (Wildman–Crippen MR) is 139 cm³/mol. The average molecular weight is 441 g/mol. The molecule has 0 radical (unpaired) electrons. The summed E-state index contributed by atoms with van der Waals surface area (Å²) in [6.45, 7) is 6.33. The molecule has 1 aliphatic rings. The molecule has 0 atom stereocenters. The topological polar surface area (TPSA) is 23.6 Å². The number of hydrogen-bond acceptors (Lipinski definition) is 4. The highest BCUT2D eigenvalue weighted by molar-refractivity contribution is 8.03. The lowest BCUT2D eigenvalue weighted by Crippen LogP contribution is -2.21. The largest absolute Gasteiger partial charge is 0.372 e. The number of rotatable bonds is 7. The Hall–Kier alpha value is -3.24. The van der Waals surface area contributed by atoms with Crippen molar-refractivity contribution in [2.75, 3.05) is 29.9 Å². The van der Waals surface area contributed by atoms with Gasteiger partial charge in [0, 0.05) is 42.2 Å². The Morgan fingerprint density at radius 2 is 1.72 bits per heavy atom. The molecule has 0 aliphatic carbocycles. The monoisotopic (exact) mass is 440 g/mol. The maximum Gasteiger partial charge on any atom is 0.181 e. The van der Waals surface area contributed by atoms with E-state index in [1.165, 1.54) is 27.0 Å². The van der Waals surface area contributed by atoms with Gasteiger partial charge in [0.2, 0.25) is 0 Å². The number of anilines is 2. The molecule has 3 aromatic rings. The SMILES string of the molecule is CCN(CC)c1ccc(C=CC=CC(=O)C=C2Sc3ccc4ccccc4c3N2C)cc1. The van der Waals surface area contributed by atoms with Crippen molar-refractivity contribution in [3.63, 3.8) is 0 Å². The fraction of sp³-hybridized carbons (Fsp3) is 0.179. The molecule has 0 spiro atoms. The molecular weight excluding hydrogens is 412 g/mol. The van der Waals surface area contributed by atoms with Gasteiger partial charge in [-0.3, -0.25) is 4.79 Å². The van der Waals surface area contributed by atoms with Crippen LogP contribution in [0.1, 0.15) is 19.4 Å². The van der Waals surface area contributed by atoms with Crippen LogP contribution in [0, 0.1) is 0 Å². The van der Waals surface area contributed by atoms with Crippen molar-refractivity contribution in [2.24, 2.45) is 0 Å². The summed E-state index contributed by atoms with van der Waals surface area (Å²) in [5, 5.41) is 3.37. The molecule has 1 aliphatic heterocycles. The van der Waals surface area contributed by atoms with Gasteiger partial charge in [-0.25, -0.2) is 0 Å². The number of thioether (sulfide) groups is 1. The molecule has 0 N–H and O–H groups in total. The second-order valence-electron chi connectivity index (χ2n) is 7.66. The van der Waals surface area contributed by atoms with E-state index < -0.39 is 0 Å². The van der Waals surface area contributed by atoms with E-state index in [1.54, 1.807) is 30.0 Å². The van der Waals surface area contributed by atoms with Gasteiger partial charge in [-0.2, -0.15) is 0 Å². The Morgan fingerprint density at radius 1 is 0.969 bits per heavy atom. The average Bonchev–Trinajstić information content (AvgIpc) is 3.14. The number of carbonyl (C=O) groups excluding carboxylic acids is 1. The van der Waals surface area contributed by atoms with Gasteiger partial charge in [0.05, 0.1) is 10.7 Å². The number of benzene rings is 3. The molecule has 4 rings (SSSR count). The van der Waals surface area contributed by atoms with Crippen molar-refractivity contribution in [3.8, 4) is 0 Å². The number of carbonyl (C=O) groups is 1. The summed E-state index contributed by atoms with van der Waals surface area (Å²) in [5.41, 5.74) is 3.52. The first kappa shape index (κ1) is 22.0. The van der Waals surface area contributed by atoms with Crippen LogP contribution in [0.25, 0.3) is 16.8 Å². The molecule has 1 heterocycles. The van der Waals surface area contributed by atoms with Crippen LogP contribution in [-0.2, 0) is 4.79 Å². The van der Waals surface area contributed by atoms with Crippen LogP contribution in [0.3, 0.4) is 0 Å². The maximum atomic E-state index is 12.5. The number of fused-ring (bicyclic) bond motifs is 3. The van der Waals surface area contributed by atoms with Gasteiger partial charge in [-0.05, 0) is 49.1 Å². The van der Waals surface area contributed by atoms with Gasteiger partial charge in [0.25, 0.3) is 0 Å². The summed E-state index contributed by atoms with van der Waals surface area (Å²) in [4.78, 5) is 18.1. The molecule has 0 saturated heterocycles. The fourth-order valence-electron chi connectivity index (χ4n) is 3.95. The highest BCUT2D eigenvalue weighted by atomic mass is 32.2. The van der Waals surface area contributed by atoms with Crippen LogP contribution < -0.4 is 9.80 Å². The summed E-state index contributed by atoms with van der Waals surface area (Å²) in [6, 6.07) is 21.1. The van der Waals surface area contributed by atoms with Crippen molar-refractivity contribution >= 4 is 45.8 Å². The maximum absolute atomic E-state index is 12.5. The summed E-state index contributed by atoms with van der Waals surface area (Å²) in [7, 11) is 2.02. The smallest absolute Gasteiger partial charge is 0.181 e. The molecule has 3 nitrogen and oxygen atoms in total. The number of ketones is 1. The number of hydrogen-bond donors (Lipinski definition) is 0. The molecule has 0 fully saturated rings.